The van der Waals surface area contributed by atoms with Crippen LogP contribution >= 0.6 is 20.8 Å². The Kier molecular flexibility index (Phi) is 6.36. The number of carbonyl (C=O) groups excluding carboxylic acids is 2. The second-order valence-corrected chi connectivity index (χ2v) is 16.4. The number of benzene rings is 4. The van der Waals surface area contributed by atoms with Crippen molar-refractivity contribution in [3.63, 3.8) is 0 Å². The topological polar surface area (TPSA) is 43.4 Å². The second-order valence-electron chi connectivity index (χ2n) is 7.48. The molecule has 0 aliphatic carbocycles. The first-order valence-electron chi connectivity index (χ1n) is 10.2. The van der Waals surface area contributed by atoms with Gasteiger partial charge in [-0.25, -0.2) is 0 Å². The molecule has 0 radical (unpaired) electrons. The van der Waals surface area contributed by atoms with Crippen LogP contribution in [-0.2, 0) is 9.53 Å². The molecule has 0 saturated heterocycles. The van der Waals surface area contributed by atoms with Gasteiger partial charge in [-0.3, -0.25) is 0 Å². The van der Waals surface area contributed by atoms with Gasteiger partial charge in [0.2, 0.25) is 0 Å². The van der Waals surface area contributed by atoms with Crippen LogP contribution in [0.15, 0.2) is 121 Å². The van der Waals surface area contributed by atoms with E-state index in [9.17, 15) is 9.59 Å². The third-order valence-corrected chi connectivity index (χ3v) is 14.9. The van der Waals surface area contributed by atoms with Gasteiger partial charge in [0.25, 0.3) is 0 Å². The van der Waals surface area contributed by atoms with Crippen molar-refractivity contribution in [1.29, 1.82) is 0 Å². The molecular weight excluding hydrogens is 483 g/mol. The van der Waals surface area contributed by atoms with Gasteiger partial charge in [-0.1, -0.05) is 0 Å². The number of hydrogen-bond acceptors (Lipinski definition) is 3. The van der Waals surface area contributed by atoms with Crippen molar-refractivity contribution in [3.8, 4) is 0 Å². The Labute approximate surface area is 195 Å². The molecule has 0 saturated carbocycles. The molecule has 32 heavy (non-hydrogen) atoms. The standard InChI is InChI=1S/C27H22BrO3P/c28-32(23-15-7-2-8-16-23,24-17-9-3-10-18-24,25-19-11-4-12-20-25)21-26(29)31-27(30)22-13-5-1-6-14-22/h1-20H,21H2. The van der Waals surface area contributed by atoms with Gasteiger partial charge >= 0.3 is 196 Å². The van der Waals surface area contributed by atoms with Crippen LogP contribution in [0.2, 0.25) is 0 Å². The van der Waals surface area contributed by atoms with Crippen LogP contribution in [0.25, 0.3) is 0 Å². The number of carbonyl (C=O) groups is 2. The molecule has 0 unspecified atom stereocenters. The first-order valence-corrected chi connectivity index (χ1v) is 14.7. The summed E-state index contributed by atoms with van der Waals surface area (Å²) >= 11 is 4.18. The maximum absolute atomic E-state index is 13.3. The van der Waals surface area contributed by atoms with E-state index in [1.165, 1.54) is 0 Å². The number of rotatable bonds is 6. The number of ether oxygens (including phenoxy) is 1. The van der Waals surface area contributed by atoms with Crippen molar-refractivity contribution in [2.75, 3.05) is 6.16 Å². The molecule has 0 amide bonds. The van der Waals surface area contributed by atoms with E-state index in [4.69, 9.17) is 4.74 Å². The van der Waals surface area contributed by atoms with Crippen LogP contribution in [0.3, 0.4) is 0 Å². The molecule has 0 bridgehead atoms. The average Bonchev–Trinajstić information content (AvgIpc) is 2.86. The minimum absolute atomic E-state index is 0.00220. The van der Waals surface area contributed by atoms with Crippen molar-refractivity contribution >= 4 is 48.6 Å². The Morgan fingerprint density at radius 1 is 0.594 bits per heavy atom. The van der Waals surface area contributed by atoms with Crippen LogP contribution in [0.1, 0.15) is 10.4 Å². The van der Waals surface area contributed by atoms with Crippen LogP contribution in [-0.4, -0.2) is 18.1 Å². The Morgan fingerprint density at radius 2 is 0.938 bits per heavy atom. The molecule has 3 nitrogen and oxygen atoms in total. The van der Waals surface area contributed by atoms with Crippen molar-refractivity contribution in [3.05, 3.63) is 127 Å². The zero-order valence-corrected chi connectivity index (χ0v) is 19.8. The van der Waals surface area contributed by atoms with Gasteiger partial charge in [0.1, 0.15) is 0 Å². The van der Waals surface area contributed by atoms with Gasteiger partial charge in [0, 0.05) is 0 Å². The summed E-state index contributed by atoms with van der Waals surface area (Å²) in [6.45, 7) is 0. The van der Waals surface area contributed by atoms with E-state index in [-0.39, 0.29) is 6.16 Å². The van der Waals surface area contributed by atoms with Crippen molar-refractivity contribution < 1.29 is 14.3 Å². The molecule has 0 atom stereocenters. The van der Waals surface area contributed by atoms with E-state index in [1.54, 1.807) is 24.3 Å². The first kappa shape index (κ1) is 22.1. The quantitative estimate of drug-likeness (QED) is 0.205. The molecular formula is C27H22BrO3P. The van der Waals surface area contributed by atoms with E-state index in [0.717, 1.165) is 15.9 Å². The molecule has 4 aromatic rings. The Hall–Kier alpha value is -3.07. The molecule has 0 aliphatic heterocycles. The summed E-state index contributed by atoms with van der Waals surface area (Å²) in [5.41, 5.74) is 0.342. The van der Waals surface area contributed by atoms with Crippen LogP contribution in [0, 0.1) is 0 Å². The Bertz CT molecular complexity index is 1110. The molecule has 4 rings (SSSR count). The molecule has 0 spiro atoms. The van der Waals surface area contributed by atoms with E-state index < -0.39 is 17.2 Å². The van der Waals surface area contributed by atoms with Crippen LogP contribution in [0.5, 0.6) is 0 Å². The summed E-state index contributed by atoms with van der Waals surface area (Å²) < 4.78 is 5.35. The van der Waals surface area contributed by atoms with Crippen LogP contribution in [0.4, 0.5) is 0 Å². The third kappa shape index (κ3) is 4.04. The fraction of sp³-hybridized carbons (Fsp3) is 0.0370. The average molecular weight is 505 g/mol. The first-order chi connectivity index (χ1) is 15.5. The Balaban J connectivity index is 1.86. The molecule has 0 N–H and O–H groups in total. The molecule has 160 valence electrons. The zero-order valence-electron chi connectivity index (χ0n) is 17.3. The van der Waals surface area contributed by atoms with Gasteiger partial charge in [-0.15, -0.1) is 0 Å². The van der Waals surface area contributed by atoms with E-state index in [2.05, 4.69) is 15.5 Å². The van der Waals surface area contributed by atoms with Gasteiger partial charge in [-0.05, 0) is 0 Å². The van der Waals surface area contributed by atoms with Crippen LogP contribution < -0.4 is 15.9 Å². The molecule has 0 aliphatic rings. The normalized spacial score (nSPS) is 12.3. The molecule has 5 heteroatoms. The zero-order chi connectivity index (χ0) is 22.5. The monoisotopic (exact) mass is 504 g/mol. The second kappa shape index (κ2) is 9.20. The Morgan fingerprint density at radius 3 is 1.31 bits per heavy atom. The maximum atomic E-state index is 13.3. The summed E-state index contributed by atoms with van der Waals surface area (Å²) in [7, 11) is 0. The SMILES string of the molecule is O=C(CP(Br)(c1ccccc1)(c1ccccc1)c1ccccc1)OC(=O)c1ccccc1. The summed E-state index contributed by atoms with van der Waals surface area (Å²) in [5.74, 6) is -1.23. The molecule has 0 fully saturated rings. The van der Waals surface area contributed by atoms with Gasteiger partial charge in [0.05, 0.1) is 0 Å². The predicted octanol–water partition coefficient (Wildman–Crippen LogP) is 5.21. The number of esters is 2. The minimum atomic E-state index is -3.49. The van der Waals surface area contributed by atoms with E-state index >= 15 is 0 Å². The van der Waals surface area contributed by atoms with Crippen molar-refractivity contribution in [2.24, 2.45) is 0 Å². The fourth-order valence-electron chi connectivity index (χ4n) is 3.95. The predicted molar refractivity (Wildman–Crippen MR) is 136 cm³/mol. The summed E-state index contributed by atoms with van der Waals surface area (Å²) in [6, 6.07) is 38.3. The van der Waals surface area contributed by atoms with Gasteiger partial charge in [-0.2, -0.15) is 0 Å². The van der Waals surface area contributed by atoms with Crippen molar-refractivity contribution in [2.45, 2.75) is 0 Å². The summed E-state index contributed by atoms with van der Waals surface area (Å²) in [6.07, 6.45) is 0.00220. The fourth-order valence-corrected chi connectivity index (χ4v) is 11.1. The van der Waals surface area contributed by atoms with E-state index in [0.29, 0.717) is 5.56 Å². The molecule has 4 aromatic carbocycles. The van der Waals surface area contributed by atoms with Crippen molar-refractivity contribution in [1.82, 2.24) is 0 Å². The van der Waals surface area contributed by atoms with Gasteiger partial charge in [0.15, 0.2) is 0 Å². The molecule has 0 heterocycles. The summed E-state index contributed by atoms with van der Waals surface area (Å²) in [4.78, 5) is 25.9. The summed E-state index contributed by atoms with van der Waals surface area (Å²) in [5, 5.41) is -0.528. The number of hydrogen-bond donors (Lipinski definition) is 0. The number of halogens is 1. The van der Waals surface area contributed by atoms with Gasteiger partial charge < -0.3 is 0 Å². The third-order valence-electron chi connectivity index (χ3n) is 5.53. The molecule has 0 aromatic heterocycles. The van der Waals surface area contributed by atoms with E-state index in [1.807, 2.05) is 97.1 Å².